The average Bonchev–Trinajstić information content (AvgIpc) is 2.52. The van der Waals surface area contributed by atoms with Crippen molar-refractivity contribution in [3.63, 3.8) is 0 Å². The van der Waals surface area contributed by atoms with Crippen LogP contribution in [-0.4, -0.2) is 59.2 Å². The largest absolute Gasteiger partial charge is 0.479 e. The Kier molecular flexibility index (Phi) is 4.89. The van der Waals surface area contributed by atoms with Crippen LogP contribution < -0.4 is 5.32 Å². The Hall–Kier alpha value is -2.68. The minimum Gasteiger partial charge on any atom is -0.479 e. The minimum atomic E-state index is -1.12. The lowest BCUT2D eigenvalue weighted by atomic mass is 10.2. The van der Waals surface area contributed by atoms with Gasteiger partial charge in [0.15, 0.2) is 6.10 Å². The van der Waals surface area contributed by atoms with Crippen molar-refractivity contribution in [2.75, 3.05) is 31.6 Å². The fraction of sp³-hybridized carbons (Fsp3) is 0.385. The highest BCUT2D eigenvalue weighted by Gasteiger charge is 2.28. The predicted octanol–water partition coefficient (Wildman–Crippen LogP) is 0.319. The van der Waals surface area contributed by atoms with Gasteiger partial charge in [-0.05, 0) is 6.07 Å². The van der Waals surface area contributed by atoms with Gasteiger partial charge in [0.05, 0.1) is 24.6 Å². The Bertz CT molecular complexity index is 591. The summed E-state index contributed by atoms with van der Waals surface area (Å²) in [4.78, 5) is 34.6. The summed E-state index contributed by atoms with van der Waals surface area (Å²) in [6, 6.07) is 5.99. The van der Waals surface area contributed by atoms with E-state index < -0.39 is 17.0 Å². The quantitative estimate of drug-likeness (QED) is 0.593. The van der Waals surface area contributed by atoms with E-state index in [1.807, 2.05) is 0 Å². The van der Waals surface area contributed by atoms with Crippen LogP contribution in [0.3, 0.4) is 0 Å². The molecule has 118 valence electrons. The first kappa shape index (κ1) is 15.7. The number of benzene rings is 1. The second-order valence-electron chi connectivity index (χ2n) is 4.67. The first-order valence-electron chi connectivity index (χ1n) is 6.58. The molecule has 0 saturated carbocycles. The number of nitrogens with zero attached hydrogens (tertiary/aromatic N) is 2. The minimum absolute atomic E-state index is 0.0350. The fourth-order valence-corrected chi connectivity index (χ4v) is 2.09. The highest BCUT2D eigenvalue weighted by Crippen LogP contribution is 2.22. The number of carboxylic acid groups (broad SMARTS) is 1. The molecular formula is C13H15N3O6. The van der Waals surface area contributed by atoms with Gasteiger partial charge < -0.3 is 20.1 Å². The van der Waals surface area contributed by atoms with Crippen molar-refractivity contribution in [2.24, 2.45) is 0 Å². The van der Waals surface area contributed by atoms with Crippen LogP contribution in [0.2, 0.25) is 0 Å². The topological polar surface area (TPSA) is 122 Å². The molecular weight excluding hydrogens is 294 g/mol. The molecule has 0 aromatic heterocycles. The third-order valence-electron chi connectivity index (χ3n) is 3.23. The number of hydrogen-bond donors (Lipinski definition) is 2. The Morgan fingerprint density at radius 2 is 2.18 bits per heavy atom. The first-order chi connectivity index (χ1) is 10.5. The van der Waals surface area contributed by atoms with Gasteiger partial charge in [-0.15, -0.1) is 0 Å². The van der Waals surface area contributed by atoms with E-state index in [1.165, 1.54) is 23.1 Å². The molecule has 1 fully saturated rings. The van der Waals surface area contributed by atoms with Gasteiger partial charge >= 0.3 is 5.97 Å². The van der Waals surface area contributed by atoms with E-state index in [0.29, 0.717) is 6.54 Å². The molecule has 2 N–H and O–H groups in total. The molecule has 9 heteroatoms. The van der Waals surface area contributed by atoms with Gasteiger partial charge in [0.1, 0.15) is 5.69 Å². The molecule has 0 bridgehead atoms. The number of aliphatic carboxylic acids is 1. The molecule has 1 aromatic rings. The molecule has 1 heterocycles. The third-order valence-corrected chi connectivity index (χ3v) is 3.23. The van der Waals surface area contributed by atoms with Crippen LogP contribution in [-0.2, 0) is 14.3 Å². The lowest BCUT2D eigenvalue weighted by molar-refractivity contribution is -0.383. The summed E-state index contributed by atoms with van der Waals surface area (Å²) in [5.74, 6) is -1.46. The highest BCUT2D eigenvalue weighted by molar-refractivity contribution is 5.83. The molecule has 9 nitrogen and oxygen atoms in total. The van der Waals surface area contributed by atoms with Gasteiger partial charge in [0, 0.05) is 12.6 Å². The number of para-hydroxylation sites is 2. The van der Waals surface area contributed by atoms with E-state index in [-0.39, 0.29) is 37.0 Å². The van der Waals surface area contributed by atoms with Crippen LogP contribution in [0.4, 0.5) is 11.4 Å². The number of carboxylic acids is 1. The number of nitro groups is 1. The van der Waals surface area contributed by atoms with Crippen LogP contribution in [0, 0.1) is 10.1 Å². The van der Waals surface area contributed by atoms with Gasteiger partial charge in [-0.2, -0.15) is 0 Å². The molecule has 1 amide bonds. The van der Waals surface area contributed by atoms with Crippen molar-refractivity contribution in [2.45, 2.75) is 6.10 Å². The highest BCUT2D eigenvalue weighted by atomic mass is 16.6. The number of hydrogen-bond acceptors (Lipinski definition) is 6. The van der Waals surface area contributed by atoms with Crippen molar-refractivity contribution in [1.29, 1.82) is 0 Å². The van der Waals surface area contributed by atoms with Gasteiger partial charge in [0.25, 0.3) is 5.69 Å². The summed E-state index contributed by atoms with van der Waals surface area (Å²) >= 11 is 0. The SMILES string of the molecule is O=C(O)C1CN(C(=O)CNc2ccccc2[N+](=O)[O-])CCO1. The molecule has 1 atom stereocenters. The van der Waals surface area contributed by atoms with E-state index in [9.17, 15) is 19.7 Å². The number of anilines is 1. The number of carbonyl (C=O) groups excluding carboxylic acids is 1. The Labute approximate surface area is 125 Å². The van der Waals surface area contributed by atoms with Crippen molar-refractivity contribution in [3.05, 3.63) is 34.4 Å². The zero-order chi connectivity index (χ0) is 16.1. The zero-order valence-corrected chi connectivity index (χ0v) is 11.6. The maximum atomic E-state index is 12.1. The molecule has 22 heavy (non-hydrogen) atoms. The second kappa shape index (κ2) is 6.85. The van der Waals surface area contributed by atoms with Crippen LogP contribution >= 0.6 is 0 Å². The van der Waals surface area contributed by atoms with Crippen LogP contribution in [0.15, 0.2) is 24.3 Å². The number of nitrogens with one attached hydrogen (secondary N) is 1. The number of nitro benzene ring substituents is 1. The molecule has 0 radical (unpaired) electrons. The number of amides is 1. The van der Waals surface area contributed by atoms with Gasteiger partial charge in [-0.3, -0.25) is 14.9 Å². The van der Waals surface area contributed by atoms with E-state index >= 15 is 0 Å². The van der Waals surface area contributed by atoms with Crippen molar-refractivity contribution >= 4 is 23.3 Å². The Morgan fingerprint density at radius 3 is 2.86 bits per heavy atom. The fourth-order valence-electron chi connectivity index (χ4n) is 2.09. The predicted molar refractivity (Wildman–Crippen MR) is 75.5 cm³/mol. The van der Waals surface area contributed by atoms with E-state index in [0.717, 1.165) is 0 Å². The number of carbonyl (C=O) groups is 2. The smallest absolute Gasteiger partial charge is 0.334 e. The lowest BCUT2D eigenvalue weighted by Crippen LogP contribution is -2.50. The van der Waals surface area contributed by atoms with E-state index in [4.69, 9.17) is 9.84 Å². The first-order valence-corrected chi connectivity index (χ1v) is 6.58. The monoisotopic (exact) mass is 309 g/mol. The van der Waals surface area contributed by atoms with Gasteiger partial charge in [-0.1, -0.05) is 12.1 Å². The Morgan fingerprint density at radius 1 is 1.45 bits per heavy atom. The standard InChI is InChI=1S/C13H15N3O6/c17-12(15-5-6-22-11(8-15)13(18)19)7-14-9-3-1-2-4-10(9)16(20)21/h1-4,11,14H,5-8H2,(H,18,19). The second-order valence-corrected chi connectivity index (χ2v) is 4.67. The molecule has 1 aliphatic heterocycles. The zero-order valence-electron chi connectivity index (χ0n) is 11.6. The number of rotatable bonds is 5. The molecule has 1 unspecified atom stereocenters. The summed E-state index contributed by atoms with van der Waals surface area (Å²) in [7, 11) is 0. The Balaban J connectivity index is 1.95. The van der Waals surface area contributed by atoms with E-state index in [1.54, 1.807) is 6.07 Å². The average molecular weight is 309 g/mol. The molecule has 1 aromatic carbocycles. The van der Waals surface area contributed by atoms with Crippen molar-refractivity contribution in [1.82, 2.24) is 4.90 Å². The number of morpholine rings is 1. The van der Waals surface area contributed by atoms with Crippen LogP contribution in [0.1, 0.15) is 0 Å². The molecule has 1 saturated heterocycles. The maximum absolute atomic E-state index is 12.1. The van der Waals surface area contributed by atoms with E-state index in [2.05, 4.69) is 5.32 Å². The van der Waals surface area contributed by atoms with Gasteiger partial charge in [0.2, 0.25) is 5.91 Å². The van der Waals surface area contributed by atoms with Crippen LogP contribution in [0.5, 0.6) is 0 Å². The normalized spacial score (nSPS) is 17.8. The molecule has 2 rings (SSSR count). The molecule has 0 aliphatic carbocycles. The molecule has 1 aliphatic rings. The lowest BCUT2D eigenvalue weighted by Gasteiger charge is -2.31. The summed E-state index contributed by atoms with van der Waals surface area (Å²) < 4.78 is 5.03. The van der Waals surface area contributed by atoms with Crippen molar-refractivity contribution in [3.8, 4) is 0 Å². The summed E-state index contributed by atoms with van der Waals surface area (Å²) in [5.41, 5.74) is 0.115. The van der Waals surface area contributed by atoms with Crippen molar-refractivity contribution < 1.29 is 24.4 Å². The van der Waals surface area contributed by atoms with Crippen LogP contribution in [0.25, 0.3) is 0 Å². The van der Waals surface area contributed by atoms with Gasteiger partial charge in [-0.25, -0.2) is 4.79 Å². The number of ether oxygens (including phenoxy) is 1. The summed E-state index contributed by atoms with van der Waals surface area (Å²) in [6.45, 7) is 0.249. The molecule has 0 spiro atoms. The summed E-state index contributed by atoms with van der Waals surface area (Å²) in [5, 5.41) is 22.5. The summed E-state index contributed by atoms with van der Waals surface area (Å²) in [6.07, 6.45) is -1.04. The maximum Gasteiger partial charge on any atom is 0.334 e. The third kappa shape index (κ3) is 3.70.